The summed E-state index contributed by atoms with van der Waals surface area (Å²) in [5, 5.41) is 7.98. The minimum Gasteiger partial charge on any atom is -0.459 e. The highest BCUT2D eigenvalue weighted by molar-refractivity contribution is 5.86. The van der Waals surface area contributed by atoms with Crippen LogP contribution in [0.25, 0.3) is 0 Å². The molecule has 9 heteroatoms. The second kappa shape index (κ2) is 12.2. The zero-order valence-corrected chi connectivity index (χ0v) is 10.6. The van der Waals surface area contributed by atoms with E-state index in [0.29, 0.717) is 5.57 Å². The number of hydrogen-bond donors (Lipinski definition) is 3. The zero-order valence-electron chi connectivity index (χ0n) is 10.6. The number of aliphatic hydroxyl groups excluding tert-OH is 1. The average Bonchev–Trinajstić information content (AvgIpc) is 2.32. The fraction of sp³-hybridized carbons (Fsp3) is 0.500. The first-order chi connectivity index (χ1) is 8.81. The van der Waals surface area contributed by atoms with Crippen LogP contribution in [0.2, 0.25) is 0 Å². The van der Waals surface area contributed by atoms with Crippen molar-refractivity contribution < 1.29 is 33.7 Å². The minimum absolute atomic E-state index is 0.00532. The number of esters is 1. The van der Waals surface area contributed by atoms with Crippen LogP contribution in [0.1, 0.15) is 6.92 Å². The third-order valence-electron chi connectivity index (χ3n) is 1.24. The monoisotopic (exact) mass is 278 g/mol. The maximum absolute atomic E-state index is 10.7. The molecule has 0 radical (unpaired) electrons. The topological polar surface area (TPSA) is 151 Å². The van der Waals surface area contributed by atoms with Crippen LogP contribution in [-0.2, 0) is 19.0 Å². The van der Waals surface area contributed by atoms with Crippen LogP contribution < -0.4 is 11.5 Å². The van der Waals surface area contributed by atoms with Gasteiger partial charge in [-0.3, -0.25) is 0 Å². The summed E-state index contributed by atoms with van der Waals surface area (Å²) >= 11 is 0. The maximum Gasteiger partial charge on any atom is 0.404 e. The Kier molecular flexibility index (Phi) is 12.2. The van der Waals surface area contributed by atoms with Gasteiger partial charge in [-0.05, 0) is 6.92 Å². The van der Waals surface area contributed by atoms with Crippen molar-refractivity contribution in [2.45, 2.75) is 6.92 Å². The van der Waals surface area contributed by atoms with Gasteiger partial charge in [0.1, 0.15) is 19.8 Å². The Morgan fingerprint density at radius 2 is 1.42 bits per heavy atom. The third-order valence-corrected chi connectivity index (χ3v) is 1.24. The molecule has 0 bridgehead atoms. The van der Waals surface area contributed by atoms with Crippen LogP contribution in [-0.4, -0.2) is 49.7 Å². The van der Waals surface area contributed by atoms with Crippen molar-refractivity contribution in [3.05, 3.63) is 12.2 Å². The van der Waals surface area contributed by atoms with E-state index in [1.54, 1.807) is 0 Å². The number of carbonyl (C=O) groups excluding carboxylic acids is 3. The molecule has 0 aromatic carbocycles. The molecule has 0 aromatic heterocycles. The predicted molar refractivity (Wildman–Crippen MR) is 63.9 cm³/mol. The molecule has 9 nitrogen and oxygen atoms in total. The smallest absolute Gasteiger partial charge is 0.404 e. The first-order valence-electron chi connectivity index (χ1n) is 5.09. The molecule has 0 aromatic rings. The molecule has 0 heterocycles. The highest BCUT2D eigenvalue weighted by Crippen LogP contribution is 1.91. The first-order valence-corrected chi connectivity index (χ1v) is 5.09. The number of nitrogens with two attached hydrogens (primary N) is 2. The largest absolute Gasteiger partial charge is 0.459 e. The molecule has 0 unspecified atom stereocenters. The number of ether oxygens (including phenoxy) is 3. The molecule has 0 aliphatic rings. The number of hydrogen-bond acceptors (Lipinski definition) is 7. The molecule has 110 valence electrons. The molecule has 0 atom stereocenters. The van der Waals surface area contributed by atoms with Gasteiger partial charge in [-0.2, -0.15) is 0 Å². The number of primary amides is 2. The van der Waals surface area contributed by atoms with Gasteiger partial charge in [0.05, 0.1) is 6.61 Å². The van der Waals surface area contributed by atoms with Crippen molar-refractivity contribution in [3.8, 4) is 0 Å². The minimum atomic E-state index is -0.888. The maximum atomic E-state index is 10.7. The van der Waals surface area contributed by atoms with E-state index in [4.69, 9.17) is 5.11 Å². The van der Waals surface area contributed by atoms with Crippen molar-refractivity contribution in [1.82, 2.24) is 0 Å². The van der Waals surface area contributed by atoms with E-state index in [1.807, 2.05) is 0 Å². The molecule has 19 heavy (non-hydrogen) atoms. The van der Waals surface area contributed by atoms with Gasteiger partial charge >= 0.3 is 18.2 Å². The molecule has 2 amide bonds. The highest BCUT2D eigenvalue weighted by Gasteiger charge is 2.02. The van der Waals surface area contributed by atoms with Gasteiger partial charge in [-0.25, -0.2) is 14.4 Å². The van der Waals surface area contributed by atoms with E-state index < -0.39 is 18.2 Å². The molecule has 0 saturated heterocycles. The average molecular weight is 278 g/mol. The van der Waals surface area contributed by atoms with Gasteiger partial charge in [0.25, 0.3) is 0 Å². The number of amides is 2. The lowest BCUT2D eigenvalue weighted by molar-refractivity contribution is -0.139. The molecule has 0 saturated carbocycles. The second-order valence-electron chi connectivity index (χ2n) is 2.97. The fourth-order valence-corrected chi connectivity index (χ4v) is 0.546. The van der Waals surface area contributed by atoms with Crippen LogP contribution in [0.5, 0.6) is 0 Å². The summed E-state index contributed by atoms with van der Waals surface area (Å²) in [5.41, 5.74) is 9.46. The second-order valence-corrected chi connectivity index (χ2v) is 2.97. The summed E-state index contributed by atoms with van der Waals surface area (Å²) in [4.78, 5) is 30.4. The molecule has 0 spiro atoms. The van der Waals surface area contributed by atoms with Crippen LogP contribution >= 0.6 is 0 Å². The Morgan fingerprint density at radius 3 is 1.74 bits per heavy atom. The Hall–Kier alpha value is -2.29. The number of carbonyl (C=O) groups is 3. The Labute approximate surface area is 110 Å². The summed E-state index contributed by atoms with van der Waals surface area (Å²) in [6, 6.07) is 0. The summed E-state index contributed by atoms with van der Waals surface area (Å²) in [7, 11) is 0. The van der Waals surface area contributed by atoms with Crippen LogP contribution in [0.3, 0.4) is 0 Å². The van der Waals surface area contributed by atoms with Crippen LogP contribution in [0, 0.1) is 0 Å². The van der Waals surface area contributed by atoms with Gasteiger partial charge in [-0.1, -0.05) is 6.58 Å². The lowest BCUT2D eigenvalue weighted by Crippen LogP contribution is -2.18. The van der Waals surface area contributed by atoms with E-state index in [-0.39, 0.29) is 26.4 Å². The van der Waals surface area contributed by atoms with Crippen molar-refractivity contribution in [2.24, 2.45) is 11.5 Å². The molecular formula is C10H18N2O7. The lowest BCUT2D eigenvalue weighted by atomic mass is 10.4. The van der Waals surface area contributed by atoms with Crippen LogP contribution in [0.15, 0.2) is 12.2 Å². The molecule has 0 rings (SSSR count). The fourth-order valence-electron chi connectivity index (χ4n) is 0.546. The summed E-state index contributed by atoms with van der Waals surface area (Å²) in [6.07, 6.45) is -1.74. The van der Waals surface area contributed by atoms with Gasteiger partial charge < -0.3 is 30.8 Å². The predicted octanol–water partition coefficient (Wildman–Crippen LogP) is -0.725. The summed E-state index contributed by atoms with van der Waals surface area (Å²) in [5.74, 6) is -0.511. The summed E-state index contributed by atoms with van der Waals surface area (Å²) < 4.78 is 13.0. The molecule has 0 fully saturated rings. The van der Waals surface area contributed by atoms with E-state index in [2.05, 4.69) is 32.3 Å². The van der Waals surface area contributed by atoms with Crippen molar-refractivity contribution in [3.63, 3.8) is 0 Å². The normalized spacial score (nSPS) is 8.53. The molecule has 5 N–H and O–H groups in total. The highest BCUT2D eigenvalue weighted by atomic mass is 16.6. The van der Waals surface area contributed by atoms with Crippen molar-refractivity contribution >= 4 is 18.2 Å². The van der Waals surface area contributed by atoms with Gasteiger partial charge in [0.15, 0.2) is 0 Å². The molecular weight excluding hydrogens is 260 g/mol. The Morgan fingerprint density at radius 1 is 1.00 bits per heavy atom. The standard InChI is InChI=1S/C7H11NO4.C3H7NO3/c1-5(2)6(9)11-3-4-12-7(8)10;4-3(6)7-2-1-5/h1,3-4H2,2H3,(H2,8,10);5H,1-2H2,(H2,4,6). The first kappa shape index (κ1) is 19.1. The van der Waals surface area contributed by atoms with Gasteiger partial charge in [0.2, 0.25) is 0 Å². The third kappa shape index (κ3) is 18.3. The quantitative estimate of drug-likeness (QED) is 0.251. The van der Waals surface area contributed by atoms with Gasteiger partial charge in [-0.15, -0.1) is 0 Å². The Balaban J connectivity index is 0. The summed E-state index contributed by atoms with van der Waals surface area (Å²) in [6.45, 7) is 4.65. The van der Waals surface area contributed by atoms with E-state index >= 15 is 0 Å². The van der Waals surface area contributed by atoms with Crippen LogP contribution in [0.4, 0.5) is 9.59 Å². The van der Waals surface area contributed by atoms with E-state index in [9.17, 15) is 14.4 Å². The molecule has 0 aliphatic carbocycles. The molecule has 0 aliphatic heterocycles. The zero-order chi connectivity index (χ0) is 15.3. The Bertz CT molecular complexity index is 317. The lowest BCUT2D eigenvalue weighted by Gasteiger charge is -2.03. The number of aliphatic hydroxyl groups is 1. The van der Waals surface area contributed by atoms with E-state index in [1.165, 1.54) is 6.92 Å². The number of rotatable bonds is 6. The SMILES string of the molecule is C=C(C)C(=O)OCCOC(N)=O.NC(=O)OCCO. The van der Waals surface area contributed by atoms with E-state index in [0.717, 1.165) is 0 Å². The van der Waals surface area contributed by atoms with Crippen molar-refractivity contribution in [1.29, 1.82) is 0 Å². The van der Waals surface area contributed by atoms with Gasteiger partial charge in [0, 0.05) is 5.57 Å². The van der Waals surface area contributed by atoms with Crippen molar-refractivity contribution in [2.75, 3.05) is 26.4 Å².